The minimum Gasteiger partial charge on any atom is -0.342 e. The maximum atomic E-state index is 13.9. The summed E-state index contributed by atoms with van der Waals surface area (Å²) in [4.78, 5) is 6.39. The first-order valence-electron chi connectivity index (χ1n) is 12.4. The molecule has 0 spiro atoms. The Bertz CT molecular complexity index is 1450. The molecule has 38 heavy (non-hydrogen) atoms. The minimum atomic E-state index is -4.45. The highest BCUT2D eigenvalue weighted by Crippen LogP contribution is 2.35. The number of rotatable bonds is 7. The topological polar surface area (TPSA) is 70.0 Å². The van der Waals surface area contributed by atoms with Gasteiger partial charge in [-0.2, -0.15) is 18.3 Å². The molecule has 1 aliphatic heterocycles. The molecule has 3 N–H and O–H groups in total. The molecule has 1 fully saturated rings. The Morgan fingerprint density at radius 2 is 1.71 bits per heavy atom. The quantitative estimate of drug-likeness (QED) is 0.304. The number of aryl methyl sites for hydroxylation is 2. The van der Waals surface area contributed by atoms with Gasteiger partial charge in [-0.05, 0) is 42.3 Å². The number of pyridine rings is 1. The second-order valence-corrected chi connectivity index (χ2v) is 9.49. The zero-order valence-corrected chi connectivity index (χ0v) is 21.4. The fourth-order valence-corrected chi connectivity index (χ4v) is 4.90. The Kier molecular flexibility index (Phi) is 7.09. The Labute approximate surface area is 219 Å². The van der Waals surface area contributed by atoms with Gasteiger partial charge in [-0.1, -0.05) is 24.8 Å². The Hall–Kier alpha value is -3.89. The number of benzene rings is 2. The van der Waals surface area contributed by atoms with E-state index in [2.05, 4.69) is 32.6 Å². The second-order valence-electron chi connectivity index (χ2n) is 9.49. The van der Waals surface area contributed by atoms with E-state index in [1.54, 1.807) is 18.3 Å². The summed E-state index contributed by atoms with van der Waals surface area (Å²) < 4.78 is 43.4. The zero-order valence-electron chi connectivity index (χ0n) is 21.4. The molecular formula is C28H30F3N7. The van der Waals surface area contributed by atoms with Crippen molar-refractivity contribution in [1.82, 2.24) is 25.0 Å². The maximum absolute atomic E-state index is 13.9. The van der Waals surface area contributed by atoms with Crippen LogP contribution in [0.4, 0.5) is 24.5 Å². The number of piperazine rings is 1. The van der Waals surface area contributed by atoms with Crippen LogP contribution in [0.5, 0.6) is 0 Å². The van der Waals surface area contributed by atoms with Crippen LogP contribution in [-0.2, 0) is 19.8 Å². The molecule has 10 heteroatoms. The van der Waals surface area contributed by atoms with E-state index < -0.39 is 11.7 Å². The molecule has 0 atom stereocenters. The fourth-order valence-electron chi connectivity index (χ4n) is 4.90. The molecule has 1 saturated heterocycles. The first kappa shape index (κ1) is 25.7. The molecule has 1 aliphatic rings. The van der Waals surface area contributed by atoms with E-state index in [0.717, 1.165) is 65.7 Å². The number of anilines is 2. The lowest BCUT2D eigenvalue weighted by Crippen LogP contribution is -2.43. The largest absolute Gasteiger partial charge is 0.416 e. The molecule has 0 unspecified atom stereocenters. The van der Waals surface area contributed by atoms with Crippen molar-refractivity contribution in [1.29, 1.82) is 0 Å². The van der Waals surface area contributed by atoms with Gasteiger partial charge in [-0.3, -0.25) is 14.6 Å². The fraction of sp³-hybridized carbons (Fsp3) is 0.286. The average Bonchev–Trinajstić information content (AvgIpc) is 3.19. The van der Waals surface area contributed by atoms with Crippen molar-refractivity contribution in [3.05, 3.63) is 84.1 Å². The second kappa shape index (κ2) is 10.5. The Morgan fingerprint density at radius 3 is 2.42 bits per heavy atom. The number of aromatic nitrogens is 3. The number of fused-ring (bicyclic) bond motifs is 1. The molecule has 2 aromatic heterocycles. The van der Waals surface area contributed by atoms with Gasteiger partial charge in [0.05, 0.1) is 23.0 Å². The number of halogens is 3. The van der Waals surface area contributed by atoms with Crippen LogP contribution in [0.1, 0.15) is 16.8 Å². The summed E-state index contributed by atoms with van der Waals surface area (Å²) in [6, 6.07) is 12.1. The summed E-state index contributed by atoms with van der Waals surface area (Å²) in [5, 5.41) is 14.9. The highest BCUT2D eigenvalue weighted by molar-refractivity contribution is 5.96. The van der Waals surface area contributed by atoms with Crippen LogP contribution in [0.25, 0.3) is 22.0 Å². The summed E-state index contributed by atoms with van der Waals surface area (Å²) in [6.07, 6.45) is -0.827. The summed E-state index contributed by atoms with van der Waals surface area (Å²) >= 11 is 0. The lowest BCUT2D eigenvalue weighted by atomic mass is 10.0. The lowest BCUT2D eigenvalue weighted by molar-refractivity contribution is -0.138. The molecular weight excluding hydrogens is 491 g/mol. The number of alkyl halides is 3. The normalized spacial score (nSPS) is 14.6. The molecule has 5 rings (SSSR count). The van der Waals surface area contributed by atoms with Gasteiger partial charge in [0.1, 0.15) is 5.82 Å². The lowest BCUT2D eigenvalue weighted by Gasteiger charge is -2.28. The molecule has 198 valence electrons. The van der Waals surface area contributed by atoms with Crippen LogP contribution < -0.4 is 16.0 Å². The monoisotopic (exact) mass is 521 g/mol. The van der Waals surface area contributed by atoms with Crippen LogP contribution in [-0.4, -0.2) is 45.8 Å². The highest BCUT2D eigenvalue weighted by Gasteiger charge is 2.34. The first-order chi connectivity index (χ1) is 18.2. The van der Waals surface area contributed by atoms with Gasteiger partial charge in [0.2, 0.25) is 0 Å². The summed E-state index contributed by atoms with van der Waals surface area (Å²) in [7, 11) is 1.89. The van der Waals surface area contributed by atoms with Crippen LogP contribution in [0, 0.1) is 6.92 Å². The van der Waals surface area contributed by atoms with Gasteiger partial charge >= 0.3 is 6.18 Å². The highest BCUT2D eigenvalue weighted by atomic mass is 19.4. The molecule has 0 bridgehead atoms. The van der Waals surface area contributed by atoms with Crippen molar-refractivity contribution in [3.8, 4) is 11.1 Å². The number of nitrogens with one attached hydrogen (secondary N) is 3. The number of hydrogen-bond donors (Lipinski definition) is 3. The van der Waals surface area contributed by atoms with Gasteiger partial charge in [-0.15, -0.1) is 0 Å². The maximum Gasteiger partial charge on any atom is 0.416 e. The third kappa shape index (κ3) is 5.51. The van der Waals surface area contributed by atoms with E-state index in [-0.39, 0.29) is 12.1 Å². The Balaban J connectivity index is 1.29. The predicted molar refractivity (Wildman–Crippen MR) is 145 cm³/mol. The summed E-state index contributed by atoms with van der Waals surface area (Å²) in [5.74, 6) is 0.368. The molecule has 7 nitrogen and oxygen atoms in total. The SMILES string of the molecule is C=C(Nc1ccc(-c2cncc3c2c(C)nn3C)cc1)Nc1ccc(CN2CCNCC2)c(C(F)(F)F)c1. The minimum absolute atomic E-state index is 0.268. The van der Waals surface area contributed by atoms with Crippen LogP contribution in [0.2, 0.25) is 0 Å². The third-order valence-electron chi connectivity index (χ3n) is 6.74. The van der Waals surface area contributed by atoms with Crippen LogP contribution >= 0.6 is 0 Å². The molecule has 4 aromatic rings. The summed E-state index contributed by atoms with van der Waals surface area (Å²) in [6.45, 7) is 9.20. The van der Waals surface area contributed by atoms with E-state index >= 15 is 0 Å². The molecule has 0 radical (unpaired) electrons. The Morgan fingerprint density at radius 1 is 1.03 bits per heavy atom. The predicted octanol–water partition coefficient (Wildman–Crippen LogP) is 5.36. The molecule has 2 aromatic carbocycles. The standard InChI is InChI=1S/C28H30F3N7/c1-18-27-24(15-33-16-26(27)37(3)36-18)20-4-7-22(8-5-20)34-19(2)35-23-9-6-21(25(14-23)28(29,30)31)17-38-12-10-32-11-13-38/h4-9,14-16,32,34-35H,2,10-13,17H2,1,3H3. The van der Waals surface area contributed by atoms with Crippen molar-refractivity contribution in [2.75, 3.05) is 36.8 Å². The average molecular weight is 522 g/mol. The molecule has 3 heterocycles. The van der Waals surface area contributed by atoms with E-state index in [9.17, 15) is 13.2 Å². The molecule has 0 saturated carbocycles. The van der Waals surface area contributed by atoms with Crippen molar-refractivity contribution >= 4 is 22.3 Å². The van der Waals surface area contributed by atoms with E-state index in [4.69, 9.17) is 0 Å². The van der Waals surface area contributed by atoms with Gasteiger partial charge in [-0.25, -0.2) is 0 Å². The number of nitrogens with zero attached hydrogens (tertiary/aromatic N) is 4. The molecule has 0 amide bonds. The van der Waals surface area contributed by atoms with Crippen molar-refractivity contribution in [2.24, 2.45) is 7.05 Å². The van der Waals surface area contributed by atoms with Crippen molar-refractivity contribution in [3.63, 3.8) is 0 Å². The zero-order chi connectivity index (χ0) is 26.9. The van der Waals surface area contributed by atoms with Crippen molar-refractivity contribution < 1.29 is 13.2 Å². The van der Waals surface area contributed by atoms with Gasteiger partial charge in [0.25, 0.3) is 0 Å². The molecule has 0 aliphatic carbocycles. The van der Waals surface area contributed by atoms with Crippen LogP contribution in [0.3, 0.4) is 0 Å². The summed E-state index contributed by atoms with van der Waals surface area (Å²) in [5.41, 5.74) is 4.56. The third-order valence-corrected chi connectivity index (χ3v) is 6.74. The van der Waals surface area contributed by atoms with E-state index in [0.29, 0.717) is 11.5 Å². The smallest absolute Gasteiger partial charge is 0.342 e. The number of hydrogen-bond acceptors (Lipinski definition) is 6. The van der Waals surface area contributed by atoms with Gasteiger partial charge in [0, 0.05) is 68.3 Å². The van der Waals surface area contributed by atoms with Gasteiger partial charge < -0.3 is 16.0 Å². The van der Waals surface area contributed by atoms with Crippen molar-refractivity contribution in [2.45, 2.75) is 19.6 Å². The van der Waals surface area contributed by atoms with E-state index in [1.165, 1.54) is 0 Å². The van der Waals surface area contributed by atoms with Gasteiger partial charge in [0.15, 0.2) is 0 Å². The first-order valence-corrected chi connectivity index (χ1v) is 12.4. The van der Waals surface area contributed by atoms with Crippen LogP contribution in [0.15, 0.2) is 67.3 Å². The van der Waals surface area contributed by atoms with E-state index in [1.807, 2.05) is 54.0 Å².